The highest BCUT2D eigenvalue weighted by molar-refractivity contribution is 6.21. The van der Waals surface area contributed by atoms with Gasteiger partial charge >= 0.3 is 6.03 Å². The predicted molar refractivity (Wildman–Crippen MR) is 106 cm³/mol. The number of nitrogens with zero attached hydrogens (tertiary/aromatic N) is 2. The van der Waals surface area contributed by atoms with Gasteiger partial charge in [-0.1, -0.05) is 38.1 Å². The molecule has 1 fully saturated rings. The second-order valence-electron chi connectivity index (χ2n) is 7.35. The van der Waals surface area contributed by atoms with Gasteiger partial charge in [-0.15, -0.1) is 0 Å². The normalized spacial score (nSPS) is 16.7. The molecule has 1 saturated heterocycles. The summed E-state index contributed by atoms with van der Waals surface area (Å²) in [4.78, 5) is 37.7. The Balaban J connectivity index is 1.72. The van der Waals surface area contributed by atoms with Gasteiger partial charge in [0, 0.05) is 11.8 Å². The summed E-state index contributed by atoms with van der Waals surface area (Å²) in [5.41, 5.74) is 0.875. The fourth-order valence-electron chi connectivity index (χ4n) is 3.52. The van der Waals surface area contributed by atoms with Gasteiger partial charge in [-0.3, -0.25) is 9.59 Å². The number of aromatic nitrogens is 2. The Morgan fingerprint density at radius 2 is 1.83 bits per heavy atom. The lowest BCUT2D eigenvalue weighted by atomic mass is 10.0. The number of fused-ring (bicyclic) bond motifs is 1. The number of nitrogens with one attached hydrogen (secondary N) is 2. The maximum Gasteiger partial charge on any atom is 0.329 e. The lowest BCUT2D eigenvalue weighted by molar-refractivity contribution is -0.119. The van der Waals surface area contributed by atoms with Gasteiger partial charge in [0.05, 0.1) is 16.8 Å². The van der Waals surface area contributed by atoms with Gasteiger partial charge in [-0.05, 0) is 29.7 Å². The molecule has 8 heteroatoms. The van der Waals surface area contributed by atoms with Crippen molar-refractivity contribution in [3.05, 3.63) is 69.9 Å². The number of benzene rings is 2. The summed E-state index contributed by atoms with van der Waals surface area (Å²) in [7, 11) is 0. The van der Waals surface area contributed by atoms with Crippen LogP contribution in [0.25, 0.3) is 10.8 Å². The molecule has 0 bridgehead atoms. The Morgan fingerprint density at radius 3 is 2.52 bits per heavy atom. The average Bonchev–Trinajstić information content (AvgIpc) is 3.00. The van der Waals surface area contributed by atoms with Crippen LogP contribution < -0.4 is 15.8 Å². The second kappa shape index (κ2) is 7.12. The summed E-state index contributed by atoms with van der Waals surface area (Å²) in [5, 5.41) is 10.4. The van der Waals surface area contributed by atoms with Crippen molar-refractivity contribution < 1.29 is 14.0 Å². The van der Waals surface area contributed by atoms with E-state index in [9.17, 15) is 18.8 Å². The molecule has 0 aliphatic carbocycles. The number of anilines is 1. The summed E-state index contributed by atoms with van der Waals surface area (Å²) in [5.74, 6) is -1.26. The molecule has 3 amide bonds. The van der Waals surface area contributed by atoms with Crippen LogP contribution in [0, 0.1) is 11.7 Å². The average molecular weight is 394 g/mol. The van der Waals surface area contributed by atoms with Gasteiger partial charge in [0.1, 0.15) is 11.9 Å². The molecule has 2 heterocycles. The fourth-order valence-corrected chi connectivity index (χ4v) is 3.52. The van der Waals surface area contributed by atoms with Crippen molar-refractivity contribution in [3.63, 3.8) is 0 Å². The van der Waals surface area contributed by atoms with E-state index in [1.54, 1.807) is 24.3 Å². The largest absolute Gasteiger partial charge is 0.329 e. The number of urea groups is 1. The standard InChI is InChI=1S/C21H19FN4O3/c1-11(2)18-20(28)26(21(29)23-18)17-10-12(7-8-15(17)22)9-16-13-5-3-4-6-14(13)19(27)25-24-16/h3-8,10-11,18H,9H2,1-2H3,(H,23,29)(H,25,27). The maximum atomic E-state index is 14.5. The van der Waals surface area contributed by atoms with Gasteiger partial charge in [-0.2, -0.15) is 5.10 Å². The number of rotatable bonds is 4. The minimum atomic E-state index is -0.685. The van der Waals surface area contributed by atoms with Crippen molar-refractivity contribution in [3.8, 4) is 0 Å². The van der Waals surface area contributed by atoms with E-state index in [1.807, 2.05) is 19.9 Å². The highest BCUT2D eigenvalue weighted by Crippen LogP contribution is 2.27. The SMILES string of the molecule is CC(C)C1NC(=O)N(c2cc(Cc3n[nH]c(=O)c4ccccc34)ccc2F)C1=O. The quantitative estimate of drug-likeness (QED) is 0.665. The molecule has 0 saturated carbocycles. The monoisotopic (exact) mass is 394 g/mol. The first kappa shape index (κ1) is 18.8. The van der Waals surface area contributed by atoms with E-state index in [0.717, 1.165) is 4.90 Å². The molecule has 0 radical (unpaired) electrons. The van der Waals surface area contributed by atoms with Crippen molar-refractivity contribution in [2.45, 2.75) is 26.3 Å². The van der Waals surface area contributed by atoms with E-state index < -0.39 is 23.8 Å². The van der Waals surface area contributed by atoms with Crippen molar-refractivity contribution in [1.29, 1.82) is 0 Å². The first-order valence-corrected chi connectivity index (χ1v) is 9.26. The molecule has 0 spiro atoms. The third-order valence-electron chi connectivity index (χ3n) is 5.03. The van der Waals surface area contributed by atoms with E-state index in [-0.39, 0.29) is 17.2 Å². The Hall–Kier alpha value is -3.55. The molecular formula is C21H19FN4O3. The molecule has 1 unspecified atom stereocenters. The summed E-state index contributed by atoms with van der Waals surface area (Å²) in [6, 6.07) is 10.0. The molecule has 1 aliphatic rings. The minimum Gasteiger partial charge on any atom is -0.325 e. The minimum absolute atomic E-state index is 0.0955. The van der Waals surface area contributed by atoms with E-state index in [1.165, 1.54) is 12.1 Å². The molecule has 1 aromatic heterocycles. The molecule has 4 rings (SSSR count). The zero-order chi connectivity index (χ0) is 20.7. The molecule has 2 aromatic carbocycles. The number of aromatic amines is 1. The zero-order valence-corrected chi connectivity index (χ0v) is 15.9. The number of hydrogen-bond donors (Lipinski definition) is 2. The Kier molecular flexibility index (Phi) is 4.62. The molecule has 3 aromatic rings. The number of imide groups is 1. The number of carbonyl (C=O) groups is 2. The number of carbonyl (C=O) groups excluding carboxylic acids is 2. The van der Waals surface area contributed by atoms with Crippen LogP contribution in [0.4, 0.5) is 14.9 Å². The lowest BCUT2D eigenvalue weighted by Crippen LogP contribution is -2.35. The van der Waals surface area contributed by atoms with E-state index in [0.29, 0.717) is 28.5 Å². The number of hydrogen-bond acceptors (Lipinski definition) is 4. The van der Waals surface area contributed by atoms with Crippen LogP contribution in [0.3, 0.4) is 0 Å². The number of amides is 3. The van der Waals surface area contributed by atoms with Crippen LogP contribution in [0.15, 0.2) is 47.3 Å². The molecule has 148 valence electrons. The molecular weight excluding hydrogens is 375 g/mol. The number of halogens is 1. The second-order valence-corrected chi connectivity index (χ2v) is 7.35. The summed E-state index contributed by atoms with van der Waals surface area (Å²) in [6.07, 6.45) is 0.293. The highest BCUT2D eigenvalue weighted by atomic mass is 19.1. The Bertz CT molecular complexity index is 1190. The van der Waals surface area contributed by atoms with Crippen LogP contribution in [0.1, 0.15) is 25.1 Å². The topological polar surface area (TPSA) is 95.2 Å². The van der Waals surface area contributed by atoms with Crippen molar-refractivity contribution in [2.75, 3.05) is 4.90 Å². The third kappa shape index (κ3) is 3.26. The van der Waals surface area contributed by atoms with Crippen molar-refractivity contribution in [1.82, 2.24) is 15.5 Å². The van der Waals surface area contributed by atoms with Crippen LogP contribution in [-0.2, 0) is 11.2 Å². The molecule has 1 aliphatic heterocycles. The van der Waals surface area contributed by atoms with E-state index in [2.05, 4.69) is 15.5 Å². The fraction of sp³-hybridized carbons (Fsp3) is 0.238. The zero-order valence-electron chi connectivity index (χ0n) is 15.9. The van der Waals surface area contributed by atoms with Crippen LogP contribution >= 0.6 is 0 Å². The van der Waals surface area contributed by atoms with Crippen molar-refractivity contribution >= 4 is 28.4 Å². The predicted octanol–water partition coefficient (Wildman–Crippen LogP) is 2.73. The van der Waals surface area contributed by atoms with Crippen LogP contribution in [0.2, 0.25) is 0 Å². The number of H-pyrrole nitrogens is 1. The summed E-state index contributed by atoms with van der Waals surface area (Å²) < 4.78 is 14.5. The molecule has 1 atom stereocenters. The van der Waals surface area contributed by atoms with Gasteiger partial charge in [0.15, 0.2) is 0 Å². The smallest absolute Gasteiger partial charge is 0.325 e. The maximum absolute atomic E-state index is 14.5. The summed E-state index contributed by atoms with van der Waals surface area (Å²) in [6.45, 7) is 3.62. The molecule has 29 heavy (non-hydrogen) atoms. The molecule has 2 N–H and O–H groups in total. The van der Waals surface area contributed by atoms with Gasteiger partial charge in [0.25, 0.3) is 11.5 Å². The Morgan fingerprint density at radius 1 is 1.10 bits per heavy atom. The first-order valence-electron chi connectivity index (χ1n) is 9.26. The van der Waals surface area contributed by atoms with Gasteiger partial charge < -0.3 is 5.32 Å². The van der Waals surface area contributed by atoms with E-state index >= 15 is 0 Å². The first-order chi connectivity index (χ1) is 13.9. The molecule has 7 nitrogen and oxygen atoms in total. The lowest BCUT2D eigenvalue weighted by Gasteiger charge is -2.16. The Labute approximate surface area is 165 Å². The third-order valence-corrected chi connectivity index (χ3v) is 5.03. The van der Waals surface area contributed by atoms with Crippen LogP contribution in [0.5, 0.6) is 0 Å². The van der Waals surface area contributed by atoms with Crippen molar-refractivity contribution in [2.24, 2.45) is 5.92 Å². The van der Waals surface area contributed by atoms with Gasteiger partial charge in [-0.25, -0.2) is 19.2 Å². The summed E-state index contributed by atoms with van der Waals surface area (Å²) >= 11 is 0. The highest BCUT2D eigenvalue weighted by Gasteiger charge is 2.41. The van der Waals surface area contributed by atoms with Gasteiger partial charge in [0.2, 0.25) is 0 Å². The van der Waals surface area contributed by atoms with Crippen LogP contribution in [-0.4, -0.2) is 28.2 Å². The van der Waals surface area contributed by atoms with E-state index in [4.69, 9.17) is 0 Å².